The molecule has 1 atom stereocenters. The lowest BCUT2D eigenvalue weighted by atomic mass is 9.95. The number of urea groups is 1. The predicted octanol–water partition coefficient (Wildman–Crippen LogP) is 3.28. The Bertz CT molecular complexity index is 1160. The summed E-state index contributed by atoms with van der Waals surface area (Å²) in [4.78, 5) is 48.2. The van der Waals surface area contributed by atoms with Crippen molar-refractivity contribution in [3.63, 3.8) is 0 Å². The molecule has 12 heteroatoms. The number of non-ortho nitro benzene ring substituents is 1. The summed E-state index contributed by atoms with van der Waals surface area (Å²) in [5.74, 6) is -1.62. The number of methoxy groups -OCH3 is 1. The van der Waals surface area contributed by atoms with Crippen molar-refractivity contribution in [2.45, 2.75) is 13.0 Å². The second-order valence-corrected chi connectivity index (χ2v) is 7.35. The standard InChI is InChI=1S/C22H20ClN3O8/c1-3-33-21(28)18-16(24-22(29)25-19(18)12-4-6-13(23)7-5-12)11-34-20(27)15-10-14(26(30)31)8-9-17(15)32-2/h4-10,19H,3,11H2,1-2H3,(H2,24,25,29). The smallest absolute Gasteiger partial charge is 0.342 e. The largest absolute Gasteiger partial charge is 0.496 e. The van der Waals surface area contributed by atoms with Crippen molar-refractivity contribution < 1.29 is 33.5 Å². The van der Waals surface area contributed by atoms with Gasteiger partial charge in [0.05, 0.1) is 36.0 Å². The summed E-state index contributed by atoms with van der Waals surface area (Å²) < 4.78 is 15.5. The SMILES string of the molecule is CCOC(=O)C1=C(COC(=O)c2cc([N+](=O)[O-])ccc2OC)NC(=O)NC1c1ccc(Cl)cc1. The van der Waals surface area contributed by atoms with Gasteiger partial charge in [-0.15, -0.1) is 0 Å². The summed E-state index contributed by atoms with van der Waals surface area (Å²) >= 11 is 5.94. The maximum absolute atomic E-state index is 12.8. The first kappa shape index (κ1) is 24.5. The van der Waals surface area contributed by atoms with Gasteiger partial charge >= 0.3 is 18.0 Å². The number of esters is 2. The summed E-state index contributed by atoms with van der Waals surface area (Å²) in [5.41, 5.74) is 0.0515. The van der Waals surface area contributed by atoms with Crippen LogP contribution in [0.25, 0.3) is 0 Å². The third-order valence-corrected chi connectivity index (χ3v) is 5.07. The third-order valence-electron chi connectivity index (χ3n) is 4.81. The fraction of sp³-hybridized carbons (Fsp3) is 0.227. The van der Waals surface area contributed by atoms with Crippen molar-refractivity contribution in [1.82, 2.24) is 10.6 Å². The van der Waals surface area contributed by atoms with Crippen molar-refractivity contribution in [3.8, 4) is 5.75 Å². The maximum atomic E-state index is 12.8. The van der Waals surface area contributed by atoms with Crippen LogP contribution in [-0.4, -0.2) is 43.2 Å². The Morgan fingerprint density at radius 2 is 1.82 bits per heavy atom. The van der Waals surface area contributed by atoms with Crippen molar-refractivity contribution in [2.75, 3.05) is 20.3 Å². The van der Waals surface area contributed by atoms with E-state index in [4.69, 9.17) is 25.8 Å². The number of hydrogen-bond acceptors (Lipinski definition) is 8. The molecular weight excluding hydrogens is 470 g/mol. The zero-order valence-electron chi connectivity index (χ0n) is 18.1. The maximum Gasteiger partial charge on any atom is 0.342 e. The molecule has 1 heterocycles. The molecule has 2 N–H and O–H groups in total. The van der Waals surface area contributed by atoms with E-state index in [9.17, 15) is 24.5 Å². The van der Waals surface area contributed by atoms with E-state index in [0.717, 1.165) is 6.07 Å². The summed E-state index contributed by atoms with van der Waals surface area (Å²) in [5, 5.41) is 16.7. The van der Waals surface area contributed by atoms with Crippen LogP contribution in [0.2, 0.25) is 5.02 Å². The Morgan fingerprint density at radius 3 is 2.44 bits per heavy atom. The Balaban J connectivity index is 1.95. The van der Waals surface area contributed by atoms with Crippen LogP contribution in [0, 0.1) is 10.1 Å². The molecule has 0 saturated carbocycles. The van der Waals surface area contributed by atoms with Crippen LogP contribution >= 0.6 is 11.6 Å². The highest BCUT2D eigenvalue weighted by molar-refractivity contribution is 6.30. The number of carbonyl (C=O) groups excluding carboxylic acids is 3. The van der Waals surface area contributed by atoms with E-state index in [1.165, 1.54) is 19.2 Å². The molecule has 0 fully saturated rings. The Labute approximate surface area is 198 Å². The van der Waals surface area contributed by atoms with Crippen LogP contribution < -0.4 is 15.4 Å². The van der Waals surface area contributed by atoms with Crippen molar-refractivity contribution >= 4 is 35.3 Å². The number of rotatable bonds is 8. The van der Waals surface area contributed by atoms with E-state index < -0.39 is 35.5 Å². The summed E-state index contributed by atoms with van der Waals surface area (Å²) in [7, 11) is 1.29. The van der Waals surface area contributed by atoms with Gasteiger partial charge in [-0.05, 0) is 30.7 Å². The van der Waals surface area contributed by atoms with Crippen LogP contribution in [0.15, 0.2) is 53.7 Å². The minimum absolute atomic E-state index is 0.0000947. The molecule has 1 aliphatic heterocycles. The molecular formula is C22H20ClN3O8. The van der Waals surface area contributed by atoms with Gasteiger partial charge in [-0.3, -0.25) is 10.1 Å². The van der Waals surface area contributed by atoms with Crippen LogP contribution in [0.5, 0.6) is 5.75 Å². The van der Waals surface area contributed by atoms with Gasteiger partial charge in [0.2, 0.25) is 0 Å². The number of amides is 2. The molecule has 2 aromatic rings. The number of nitro benzene ring substituents is 1. The summed E-state index contributed by atoms with van der Waals surface area (Å²) in [6.45, 7) is 1.18. The first-order chi connectivity index (χ1) is 16.2. The number of nitrogens with one attached hydrogen (secondary N) is 2. The lowest BCUT2D eigenvalue weighted by Crippen LogP contribution is -2.47. The molecule has 2 amide bonds. The number of nitro groups is 1. The number of halogens is 1. The zero-order valence-corrected chi connectivity index (χ0v) is 18.9. The van der Waals surface area contributed by atoms with Gasteiger partial charge in [0, 0.05) is 17.2 Å². The number of benzene rings is 2. The Morgan fingerprint density at radius 1 is 1.12 bits per heavy atom. The highest BCUT2D eigenvalue weighted by Gasteiger charge is 2.34. The molecule has 0 aromatic heterocycles. The first-order valence-corrected chi connectivity index (χ1v) is 10.4. The molecule has 34 heavy (non-hydrogen) atoms. The van der Waals surface area contributed by atoms with Gasteiger partial charge in [0.25, 0.3) is 5.69 Å². The molecule has 0 saturated heterocycles. The van der Waals surface area contributed by atoms with Gasteiger partial charge in [-0.2, -0.15) is 0 Å². The fourth-order valence-electron chi connectivity index (χ4n) is 3.27. The van der Waals surface area contributed by atoms with Crippen molar-refractivity contribution in [2.24, 2.45) is 0 Å². The van der Waals surface area contributed by atoms with E-state index in [0.29, 0.717) is 10.6 Å². The minimum atomic E-state index is -0.952. The quantitative estimate of drug-likeness (QED) is 0.326. The molecule has 0 bridgehead atoms. The molecule has 1 aliphatic rings. The van der Waals surface area contributed by atoms with Crippen LogP contribution in [0.4, 0.5) is 10.5 Å². The number of carbonyl (C=O) groups is 3. The van der Waals surface area contributed by atoms with Gasteiger partial charge in [-0.1, -0.05) is 23.7 Å². The second-order valence-electron chi connectivity index (χ2n) is 6.91. The number of nitrogens with zero attached hydrogens (tertiary/aromatic N) is 1. The fourth-order valence-corrected chi connectivity index (χ4v) is 3.40. The molecule has 2 aromatic carbocycles. The molecule has 1 unspecified atom stereocenters. The summed E-state index contributed by atoms with van der Waals surface area (Å²) in [6, 6.07) is 8.40. The third kappa shape index (κ3) is 5.44. The van der Waals surface area contributed by atoms with E-state index >= 15 is 0 Å². The lowest BCUT2D eigenvalue weighted by Gasteiger charge is -2.29. The number of hydrogen-bond donors (Lipinski definition) is 2. The van der Waals surface area contributed by atoms with Crippen LogP contribution in [0.1, 0.15) is 28.9 Å². The second kappa shape index (κ2) is 10.7. The van der Waals surface area contributed by atoms with Crippen molar-refractivity contribution in [1.29, 1.82) is 0 Å². The van der Waals surface area contributed by atoms with Crippen LogP contribution in [-0.2, 0) is 14.3 Å². The van der Waals surface area contributed by atoms with Crippen LogP contribution in [0.3, 0.4) is 0 Å². The molecule has 3 rings (SSSR count). The lowest BCUT2D eigenvalue weighted by molar-refractivity contribution is -0.384. The van der Waals surface area contributed by atoms with E-state index in [-0.39, 0.29) is 34.9 Å². The predicted molar refractivity (Wildman–Crippen MR) is 119 cm³/mol. The molecule has 178 valence electrons. The van der Waals surface area contributed by atoms with Gasteiger partial charge in [0.1, 0.15) is 17.9 Å². The van der Waals surface area contributed by atoms with Gasteiger partial charge < -0.3 is 24.8 Å². The first-order valence-electron chi connectivity index (χ1n) is 9.97. The van der Waals surface area contributed by atoms with Gasteiger partial charge in [-0.25, -0.2) is 14.4 Å². The van der Waals surface area contributed by atoms with E-state index in [1.54, 1.807) is 31.2 Å². The summed E-state index contributed by atoms with van der Waals surface area (Å²) in [6.07, 6.45) is 0. The van der Waals surface area contributed by atoms with Gasteiger partial charge in [0.15, 0.2) is 0 Å². The minimum Gasteiger partial charge on any atom is -0.496 e. The molecule has 0 radical (unpaired) electrons. The highest BCUT2D eigenvalue weighted by Crippen LogP contribution is 2.30. The molecule has 11 nitrogen and oxygen atoms in total. The zero-order chi connectivity index (χ0) is 24.8. The Hall–Kier alpha value is -4.12. The average Bonchev–Trinajstić information content (AvgIpc) is 2.82. The highest BCUT2D eigenvalue weighted by atomic mass is 35.5. The van der Waals surface area contributed by atoms with Crippen molar-refractivity contribution in [3.05, 3.63) is 80.0 Å². The monoisotopic (exact) mass is 489 g/mol. The van der Waals surface area contributed by atoms with E-state index in [2.05, 4.69) is 10.6 Å². The topological polar surface area (TPSA) is 146 Å². The van der Waals surface area contributed by atoms with E-state index in [1.807, 2.05) is 0 Å². The Kier molecular flexibility index (Phi) is 7.69. The molecule has 0 spiro atoms. The molecule has 0 aliphatic carbocycles. The normalized spacial score (nSPS) is 15.1. The number of ether oxygens (including phenoxy) is 3. The average molecular weight is 490 g/mol.